The lowest BCUT2D eigenvalue weighted by Gasteiger charge is -2.37. The van der Waals surface area contributed by atoms with Crippen LogP contribution in [0.5, 0.6) is 0 Å². The van der Waals surface area contributed by atoms with E-state index in [0.29, 0.717) is 13.0 Å². The zero-order chi connectivity index (χ0) is 24.7. The van der Waals surface area contributed by atoms with Crippen LogP contribution in [-0.4, -0.2) is 23.3 Å². The highest BCUT2D eigenvalue weighted by Crippen LogP contribution is 2.36. The van der Waals surface area contributed by atoms with Crippen LogP contribution >= 0.6 is 0 Å². The molecule has 4 nitrogen and oxygen atoms in total. The van der Waals surface area contributed by atoms with Crippen molar-refractivity contribution in [2.24, 2.45) is 0 Å². The third kappa shape index (κ3) is 6.08. The van der Waals surface area contributed by atoms with E-state index in [1.165, 1.54) is 19.3 Å². The summed E-state index contributed by atoms with van der Waals surface area (Å²) in [7, 11) is 0. The number of unbranched alkanes of at least 4 members (excludes halogenated alkanes) is 4. The molecule has 1 N–H and O–H groups in total. The van der Waals surface area contributed by atoms with Gasteiger partial charge in [0.25, 0.3) is 5.91 Å². The van der Waals surface area contributed by atoms with E-state index in [9.17, 15) is 9.59 Å². The highest BCUT2D eigenvalue weighted by molar-refractivity contribution is 5.99. The van der Waals surface area contributed by atoms with Crippen LogP contribution in [0.1, 0.15) is 113 Å². The molecule has 0 saturated carbocycles. The molecule has 1 unspecified atom stereocenters. The minimum atomic E-state index is -0.590. The first-order valence-corrected chi connectivity index (χ1v) is 13.2. The lowest BCUT2D eigenvalue weighted by molar-refractivity contribution is -0.139. The summed E-state index contributed by atoms with van der Waals surface area (Å²) in [5, 5.41) is 3.29. The van der Waals surface area contributed by atoms with Gasteiger partial charge in [-0.1, -0.05) is 103 Å². The van der Waals surface area contributed by atoms with Crippen LogP contribution < -0.4 is 5.32 Å². The number of carbonyl (C=O) groups is 2. The molecule has 0 aliphatic carbocycles. The largest absolute Gasteiger partial charge is 0.326 e. The van der Waals surface area contributed by atoms with E-state index in [2.05, 4.69) is 64.2 Å². The minimum Gasteiger partial charge on any atom is -0.326 e. The Kier molecular flexibility index (Phi) is 9.32. The van der Waals surface area contributed by atoms with Gasteiger partial charge in [0.1, 0.15) is 6.04 Å². The Morgan fingerprint density at radius 1 is 0.912 bits per heavy atom. The van der Waals surface area contributed by atoms with Crippen molar-refractivity contribution in [3.63, 3.8) is 0 Å². The van der Waals surface area contributed by atoms with E-state index in [4.69, 9.17) is 0 Å². The Morgan fingerprint density at radius 3 is 2.21 bits per heavy atom. The molecule has 0 radical (unpaired) electrons. The quantitative estimate of drug-likeness (QED) is 0.375. The van der Waals surface area contributed by atoms with E-state index >= 15 is 0 Å². The molecule has 1 aliphatic rings. The molecule has 1 aliphatic heterocycles. The van der Waals surface area contributed by atoms with Gasteiger partial charge in [0.2, 0.25) is 5.91 Å². The fourth-order valence-corrected chi connectivity index (χ4v) is 5.03. The Hall–Kier alpha value is -2.62. The Labute approximate surface area is 206 Å². The van der Waals surface area contributed by atoms with Crippen molar-refractivity contribution in [2.45, 2.75) is 97.4 Å². The third-order valence-electron chi connectivity index (χ3n) is 6.97. The highest BCUT2D eigenvalue weighted by Gasteiger charge is 2.36. The smallest absolute Gasteiger partial charge is 0.251 e. The number of anilines is 1. The molecule has 1 atom stereocenters. The number of nitrogens with zero attached hydrogens (tertiary/aromatic N) is 1. The highest BCUT2D eigenvalue weighted by atomic mass is 16.2. The molecule has 2 amide bonds. The topological polar surface area (TPSA) is 49.4 Å². The average Bonchev–Trinajstić information content (AvgIpc) is 2.82. The van der Waals surface area contributed by atoms with E-state index in [0.717, 1.165) is 47.2 Å². The zero-order valence-electron chi connectivity index (χ0n) is 21.7. The maximum atomic E-state index is 13.9. The van der Waals surface area contributed by atoms with Gasteiger partial charge in [0.05, 0.1) is 0 Å². The normalized spacial score (nSPS) is 15.5. The molecule has 184 valence electrons. The van der Waals surface area contributed by atoms with Gasteiger partial charge in [-0.15, -0.1) is 0 Å². The molecule has 0 aromatic heterocycles. The first kappa shape index (κ1) is 26.0. The molecule has 3 rings (SSSR count). The predicted octanol–water partition coefficient (Wildman–Crippen LogP) is 7.36. The van der Waals surface area contributed by atoms with E-state index in [-0.39, 0.29) is 23.7 Å². The van der Waals surface area contributed by atoms with Crippen molar-refractivity contribution in [1.82, 2.24) is 4.90 Å². The van der Waals surface area contributed by atoms with Gasteiger partial charge in [0.15, 0.2) is 0 Å². The van der Waals surface area contributed by atoms with Crippen molar-refractivity contribution in [1.29, 1.82) is 0 Å². The van der Waals surface area contributed by atoms with Gasteiger partial charge in [0, 0.05) is 18.7 Å². The van der Waals surface area contributed by atoms with Gasteiger partial charge >= 0.3 is 0 Å². The number of hydrogen-bond acceptors (Lipinski definition) is 2. The van der Waals surface area contributed by atoms with Crippen LogP contribution in [0.15, 0.2) is 42.5 Å². The lowest BCUT2D eigenvalue weighted by Crippen LogP contribution is -2.45. The van der Waals surface area contributed by atoms with Crippen LogP contribution in [0.2, 0.25) is 0 Å². The number of para-hydroxylation sites is 1. The standard InChI is InChI=1S/C30H42N2O2/c1-6-7-8-9-10-18-27(33)32-20-19-23-14-11-12-15-26(23)29(32)30(34)31-28-24(21(2)3)16-13-17-25(28)22(4)5/h11-17,21-22,29H,6-10,18-20H2,1-5H3,(H,31,34). The Bertz CT molecular complexity index is 953. The van der Waals surface area contributed by atoms with Gasteiger partial charge in [-0.2, -0.15) is 0 Å². The Balaban J connectivity index is 1.89. The average molecular weight is 463 g/mol. The summed E-state index contributed by atoms with van der Waals surface area (Å²) in [6.45, 7) is 11.4. The second kappa shape index (κ2) is 12.2. The minimum absolute atomic E-state index is 0.0902. The first-order valence-electron chi connectivity index (χ1n) is 13.2. The molecule has 2 aromatic rings. The van der Waals surface area contributed by atoms with Crippen molar-refractivity contribution in [2.75, 3.05) is 11.9 Å². The van der Waals surface area contributed by atoms with Crippen LogP contribution in [0.25, 0.3) is 0 Å². The van der Waals surface area contributed by atoms with E-state index in [1.54, 1.807) is 0 Å². The van der Waals surface area contributed by atoms with Crippen molar-refractivity contribution >= 4 is 17.5 Å². The molecule has 0 fully saturated rings. The summed E-state index contributed by atoms with van der Waals surface area (Å²) < 4.78 is 0. The fourth-order valence-electron chi connectivity index (χ4n) is 5.03. The van der Waals surface area contributed by atoms with Crippen LogP contribution in [0, 0.1) is 0 Å². The van der Waals surface area contributed by atoms with E-state index in [1.807, 2.05) is 23.1 Å². The maximum Gasteiger partial charge on any atom is 0.251 e. The zero-order valence-corrected chi connectivity index (χ0v) is 21.7. The number of fused-ring (bicyclic) bond motifs is 1. The fraction of sp³-hybridized carbons (Fsp3) is 0.533. The Morgan fingerprint density at radius 2 is 1.56 bits per heavy atom. The lowest BCUT2D eigenvalue weighted by atomic mass is 9.90. The number of benzene rings is 2. The van der Waals surface area contributed by atoms with Gasteiger partial charge in [-0.25, -0.2) is 0 Å². The number of rotatable bonds is 10. The molecule has 34 heavy (non-hydrogen) atoms. The molecule has 0 spiro atoms. The maximum absolute atomic E-state index is 13.9. The van der Waals surface area contributed by atoms with Crippen molar-refractivity contribution < 1.29 is 9.59 Å². The summed E-state index contributed by atoms with van der Waals surface area (Å²) in [6, 6.07) is 13.8. The number of nitrogens with one attached hydrogen (secondary N) is 1. The second-order valence-electron chi connectivity index (χ2n) is 10.2. The number of carbonyl (C=O) groups excluding carboxylic acids is 2. The number of amides is 2. The summed E-state index contributed by atoms with van der Waals surface area (Å²) in [6.07, 6.45) is 6.83. The molecule has 2 aromatic carbocycles. The summed E-state index contributed by atoms with van der Waals surface area (Å²) >= 11 is 0. The molecular formula is C30H42N2O2. The van der Waals surface area contributed by atoms with Crippen LogP contribution in [-0.2, 0) is 16.0 Å². The molecular weight excluding hydrogens is 420 g/mol. The monoisotopic (exact) mass is 462 g/mol. The van der Waals surface area contributed by atoms with Gasteiger partial charge in [-0.3, -0.25) is 9.59 Å². The van der Waals surface area contributed by atoms with Gasteiger partial charge in [-0.05, 0) is 46.9 Å². The van der Waals surface area contributed by atoms with Crippen molar-refractivity contribution in [3.05, 3.63) is 64.7 Å². The summed E-state index contributed by atoms with van der Waals surface area (Å²) in [5.74, 6) is 0.552. The van der Waals surface area contributed by atoms with Gasteiger partial charge < -0.3 is 10.2 Å². The SMILES string of the molecule is CCCCCCCC(=O)N1CCc2ccccc2C1C(=O)Nc1c(C(C)C)cccc1C(C)C. The number of hydrogen-bond donors (Lipinski definition) is 1. The summed E-state index contributed by atoms with van der Waals surface area (Å²) in [5.41, 5.74) is 5.30. The first-order chi connectivity index (χ1) is 16.3. The molecule has 0 bridgehead atoms. The molecule has 0 saturated heterocycles. The predicted molar refractivity (Wildman–Crippen MR) is 141 cm³/mol. The summed E-state index contributed by atoms with van der Waals surface area (Å²) in [4.78, 5) is 29.0. The van der Waals surface area contributed by atoms with Crippen LogP contribution in [0.3, 0.4) is 0 Å². The van der Waals surface area contributed by atoms with Crippen LogP contribution in [0.4, 0.5) is 5.69 Å². The third-order valence-corrected chi connectivity index (χ3v) is 6.97. The molecule has 4 heteroatoms. The van der Waals surface area contributed by atoms with E-state index < -0.39 is 6.04 Å². The van der Waals surface area contributed by atoms with Crippen molar-refractivity contribution in [3.8, 4) is 0 Å². The molecule has 1 heterocycles. The second-order valence-corrected chi connectivity index (χ2v) is 10.2.